The summed E-state index contributed by atoms with van der Waals surface area (Å²) in [6, 6.07) is 6.18. The van der Waals surface area contributed by atoms with Gasteiger partial charge in [0.2, 0.25) is 0 Å². The van der Waals surface area contributed by atoms with E-state index in [-0.39, 0.29) is 0 Å². The molecule has 2 nitrogen and oxygen atoms in total. The SMILES string of the molecule is CCNC(C)c1ccc(OC)c(Cl)c1. The van der Waals surface area contributed by atoms with Crippen molar-refractivity contribution in [2.45, 2.75) is 19.9 Å². The van der Waals surface area contributed by atoms with E-state index in [0.29, 0.717) is 11.1 Å². The molecule has 78 valence electrons. The van der Waals surface area contributed by atoms with E-state index in [1.807, 2.05) is 18.2 Å². The molecule has 0 saturated heterocycles. The van der Waals surface area contributed by atoms with Crippen LogP contribution in [-0.2, 0) is 0 Å². The molecule has 3 heteroatoms. The maximum atomic E-state index is 6.02. The molecule has 0 aromatic heterocycles. The molecule has 1 rings (SSSR count). The van der Waals surface area contributed by atoms with Crippen LogP contribution in [0.1, 0.15) is 25.5 Å². The molecule has 0 radical (unpaired) electrons. The van der Waals surface area contributed by atoms with Crippen LogP contribution in [0.25, 0.3) is 0 Å². The number of halogens is 1. The average molecular weight is 214 g/mol. The molecule has 1 atom stereocenters. The Morgan fingerprint density at radius 2 is 2.21 bits per heavy atom. The first kappa shape index (κ1) is 11.3. The van der Waals surface area contributed by atoms with Gasteiger partial charge in [0, 0.05) is 6.04 Å². The Labute approximate surface area is 90.2 Å². The number of benzene rings is 1. The largest absolute Gasteiger partial charge is 0.495 e. The lowest BCUT2D eigenvalue weighted by molar-refractivity contribution is 0.414. The zero-order valence-electron chi connectivity index (χ0n) is 8.80. The van der Waals surface area contributed by atoms with E-state index in [1.54, 1.807) is 7.11 Å². The summed E-state index contributed by atoms with van der Waals surface area (Å²) in [5.41, 5.74) is 1.18. The number of hydrogen-bond donors (Lipinski definition) is 1. The zero-order chi connectivity index (χ0) is 10.6. The molecule has 0 heterocycles. The van der Waals surface area contributed by atoms with Crippen molar-refractivity contribution in [3.05, 3.63) is 28.8 Å². The third kappa shape index (κ3) is 2.63. The fourth-order valence-electron chi connectivity index (χ4n) is 1.38. The minimum absolute atomic E-state index is 0.323. The van der Waals surface area contributed by atoms with Crippen molar-refractivity contribution in [2.75, 3.05) is 13.7 Å². The van der Waals surface area contributed by atoms with Crippen molar-refractivity contribution in [3.63, 3.8) is 0 Å². The van der Waals surface area contributed by atoms with E-state index in [9.17, 15) is 0 Å². The molecule has 0 spiro atoms. The van der Waals surface area contributed by atoms with E-state index in [2.05, 4.69) is 19.2 Å². The number of hydrogen-bond acceptors (Lipinski definition) is 2. The molecule has 1 unspecified atom stereocenters. The van der Waals surface area contributed by atoms with Crippen LogP contribution in [0.4, 0.5) is 0 Å². The summed E-state index contributed by atoms with van der Waals surface area (Å²) in [6.45, 7) is 5.15. The predicted molar refractivity (Wildman–Crippen MR) is 60.1 cm³/mol. The monoisotopic (exact) mass is 213 g/mol. The lowest BCUT2D eigenvalue weighted by Crippen LogP contribution is -2.17. The van der Waals surface area contributed by atoms with Gasteiger partial charge in [-0.1, -0.05) is 24.6 Å². The molecule has 0 aliphatic rings. The van der Waals surface area contributed by atoms with Crippen molar-refractivity contribution < 1.29 is 4.74 Å². The summed E-state index contributed by atoms with van der Waals surface area (Å²) in [4.78, 5) is 0. The van der Waals surface area contributed by atoms with Crippen molar-refractivity contribution in [1.82, 2.24) is 5.32 Å². The third-order valence-electron chi connectivity index (χ3n) is 2.19. The fraction of sp³-hybridized carbons (Fsp3) is 0.455. The van der Waals surface area contributed by atoms with Gasteiger partial charge < -0.3 is 10.1 Å². The van der Waals surface area contributed by atoms with Crippen LogP contribution in [-0.4, -0.2) is 13.7 Å². The molecule has 0 bridgehead atoms. The summed E-state index contributed by atoms with van der Waals surface area (Å²) in [5, 5.41) is 3.99. The van der Waals surface area contributed by atoms with E-state index in [4.69, 9.17) is 16.3 Å². The number of nitrogens with one attached hydrogen (secondary N) is 1. The van der Waals surface area contributed by atoms with Crippen LogP contribution in [0.5, 0.6) is 5.75 Å². The Hall–Kier alpha value is -0.730. The molecular formula is C11H16ClNO. The standard InChI is InChI=1S/C11H16ClNO/c1-4-13-8(2)9-5-6-11(14-3)10(12)7-9/h5-8,13H,4H2,1-3H3. The summed E-state index contributed by atoms with van der Waals surface area (Å²) in [5.74, 6) is 0.721. The van der Waals surface area contributed by atoms with Gasteiger partial charge in [-0.2, -0.15) is 0 Å². The Morgan fingerprint density at radius 1 is 1.50 bits per heavy atom. The lowest BCUT2D eigenvalue weighted by Gasteiger charge is -2.13. The maximum absolute atomic E-state index is 6.02. The van der Waals surface area contributed by atoms with Crippen LogP contribution >= 0.6 is 11.6 Å². The van der Waals surface area contributed by atoms with Gasteiger partial charge in [-0.3, -0.25) is 0 Å². The second-order valence-electron chi connectivity index (χ2n) is 3.17. The van der Waals surface area contributed by atoms with Crippen molar-refractivity contribution in [3.8, 4) is 5.75 Å². The minimum atomic E-state index is 0.323. The molecule has 0 saturated carbocycles. The first-order valence-corrected chi connectivity index (χ1v) is 5.13. The normalized spacial score (nSPS) is 12.6. The Kier molecular flexibility index (Phi) is 4.23. The highest BCUT2D eigenvalue weighted by Gasteiger charge is 2.06. The molecule has 0 amide bonds. The van der Waals surface area contributed by atoms with Crippen molar-refractivity contribution in [2.24, 2.45) is 0 Å². The summed E-state index contributed by atoms with van der Waals surface area (Å²) >= 11 is 6.02. The van der Waals surface area contributed by atoms with Gasteiger partial charge in [0.05, 0.1) is 12.1 Å². The summed E-state index contributed by atoms with van der Waals surface area (Å²) < 4.78 is 5.09. The molecule has 14 heavy (non-hydrogen) atoms. The third-order valence-corrected chi connectivity index (χ3v) is 2.48. The fourth-order valence-corrected chi connectivity index (χ4v) is 1.64. The van der Waals surface area contributed by atoms with Gasteiger partial charge in [-0.25, -0.2) is 0 Å². The Morgan fingerprint density at radius 3 is 2.71 bits per heavy atom. The zero-order valence-corrected chi connectivity index (χ0v) is 9.56. The van der Waals surface area contributed by atoms with E-state index < -0.39 is 0 Å². The van der Waals surface area contributed by atoms with E-state index in [1.165, 1.54) is 5.56 Å². The van der Waals surface area contributed by atoms with Gasteiger partial charge in [0.15, 0.2) is 0 Å². The van der Waals surface area contributed by atoms with Gasteiger partial charge in [-0.05, 0) is 31.2 Å². The predicted octanol–water partition coefficient (Wildman–Crippen LogP) is 3.02. The number of ether oxygens (including phenoxy) is 1. The van der Waals surface area contributed by atoms with Crippen LogP contribution in [0.15, 0.2) is 18.2 Å². The first-order valence-electron chi connectivity index (χ1n) is 4.75. The van der Waals surface area contributed by atoms with Crippen molar-refractivity contribution >= 4 is 11.6 Å². The lowest BCUT2D eigenvalue weighted by atomic mass is 10.1. The topological polar surface area (TPSA) is 21.3 Å². The van der Waals surface area contributed by atoms with Gasteiger partial charge in [0.1, 0.15) is 5.75 Å². The first-order chi connectivity index (χ1) is 6.69. The molecule has 1 aromatic rings. The van der Waals surface area contributed by atoms with E-state index >= 15 is 0 Å². The van der Waals surface area contributed by atoms with Crippen LogP contribution < -0.4 is 10.1 Å². The van der Waals surface area contributed by atoms with Crippen LogP contribution in [0.3, 0.4) is 0 Å². The Balaban J connectivity index is 2.85. The number of methoxy groups -OCH3 is 1. The maximum Gasteiger partial charge on any atom is 0.137 e. The molecule has 1 aromatic carbocycles. The quantitative estimate of drug-likeness (QED) is 0.830. The Bertz CT molecular complexity index is 301. The minimum Gasteiger partial charge on any atom is -0.495 e. The number of rotatable bonds is 4. The average Bonchev–Trinajstić information content (AvgIpc) is 2.18. The van der Waals surface area contributed by atoms with Gasteiger partial charge in [0.25, 0.3) is 0 Å². The highest BCUT2D eigenvalue weighted by atomic mass is 35.5. The second kappa shape index (κ2) is 5.23. The summed E-state index contributed by atoms with van der Waals surface area (Å²) in [6.07, 6.45) is 0. The molecule has 0 aliphatic carbocycles. The van der Waals surface area contributed by atoms with Crippen LogP contribution in [0, 0.1) is 0 Å². The van der Waals surface area contributed by atoms with E-state index in [0.717, 1.165) is 12.3 Å². The second-order valence-corrected chi connectivity index (χ2v) is 3.58. The summed E-state index contributed by atoms with van der Waals surface area (Å²) in [7, 11) is 1.62. The van der Waals surface area contributed by atoms with Crippen LogP contribution in [0.2, 0.25) is 5.02 Å². The highest BCUT2D eigenvalue weighted by molar-refractivity contribution is 6.32. The van der Waals surface area contributed by atoms with Crippen molar-refractivity contribution in [1.29, 1.82) is 0 Å². The highest BCUT2D eigenvalue weighted by Crippen LogP contribution is 2.27. The molecule has 0 fully saturated rings. The molecular weight excluding hydrogens is 198 g/mol. The molecule has 1 N–H and O–H groups in total. The molecule has 0 aliphatic heterocycles. The van der Waals surface area contributed by atoms with Gasteiger partial charge in [-0.15, -0.1) is 0 Å². The smallest absolute Gasteiger partial charge is 0.137 e. The van der Waals surface area contributed by atoms with Gasteiger partial charge >= 0.3 is 0 Å².